The highest BCUT2D eigenvalue weighted by Gasteiger charge is 2.15. The average Bonchev–Trinajstić information content (AvgIpc) is 3.11. The van der Waals surface area contributed by atoms with E-state index < -0.39 is 0 Å². The van der Waals surface area contributed by atoms with Crippen molar-refractivity contribution in [3.8, 4) is 11.3 Å². The van der Waals surface area contributed by atoms with Gasteiger partial charge in [-0.1, -0.05) is 48.9 Å². The highest BCUT2D eigenvalue weighted by atomic mass is 35.5. The third kappa shape index (κ3) is 4.06. The van der Waals surface area contributed by atoms with E-state index in [9.17, 15) is 5.11 Å². The number of aliphatic hydroxyl groups excluding tert-OH is 1. The van der Waals surface area contributed by atoms with E-state index in [2.05, 4.69) is 29.2 Å². The summed E-state index contributed by atoms with van der Waals surface area (Å²) in [5.74, 6) is 0. The van der Waals surface area contributed by atoms with Gasteiger partial charge >= 0.3 is 0 Å². The van der Waals surface area contributed by atoms with E-state index in [1.54, 1.807) is 4.52 Å². The van der Waals surface area contributed by atoms with Crippen molar-refractivity contribution in [1.29, 1.82) is 0 Å². The second kappa shape index (κ2) is 7.09. The number of rotatable bonds is 7. The minimum atomic E-state index is -0.0212. The monoisotopic (exact) mass is 364 g/mol. The van der Waals surface area contributed by atoms with Crippen molar-refractivity contribution in [1.82, 2.24) is 14.6 Å². The molecule has 0 aliphatic heterocycles. The van der Waals surface area contributed by atoms with Crippen LogP contribution in [0.2, 0.25) is 5.02 Å². The summed E-state index contributed by atoms with van der Waals surface area (Å²) in [6, 6.07) is 7.63. The highest BCUT2D eigenvalue weighted by molar-refractivity contribution is 7.20. The summed E-state index contributed by atoms with van der Waals surface area (Å²) < 4.78 is 1.80. The molecular weight excluding hydrogens is 344 g/mol. The number of hydrogen-bond acceptors (Lipinski definition) is 5. The van der Waals surface area contributed by atoms with Crippen LogP contribution in [-0.4, -0.2) is 32.9 Å². The van der Waals surface area contributed by atoms with Gasteiger partial charge in [-0.05, 0) is 30.4 Å². The van der Waals surface area contributed by atoms with Crippen LogP contribution in [0.5, 0.6) is 0 Å². The number of imidazole rings is 1. The number of aromatic nitrogens is 3. The van der Waals surface area contributed by atoms with Crippen molar-refractivity contribution in [2.45, 2.75) is 26.7 Å². The molecule has 0 atom stereocenters. The van der Waals surface area contributed by atoms with Crippen molar-refractivity contribution in [2.75, 3.05) is 18.5 Å². The van der Waals surface area contributed by atoms with E-state index in [4.69, 9.17) is 11.6 Å². The fourth-order valence-electron chi connectivity index (χ4n) is 2.37. The van der Waals surface area contributed by atoms with Crippen molar-refractivity contribution in [3.05, 3.63) is 35.5 Å². The Balaban J connectivity index is 1.61. The molecule has 3 aromatic rings. The molecule has 2 N–H and O–H groups in total. The molecule has 0 saturated carbocycles. The Morgan fingerprint density at radius 3 is 2.71 bits per heavy atom. The molecule has 0 aliphatic carbocycles. The average molecular weight is 365 g/mol. The lowest BCUT2D eigenvalue weighted by Gasteiger charge is -2.20. The number of nitrogens with one attached hydrogen (secondary N) is 1. The third-order valence-corrected chi connectivity index (χ3v) is 5.05. The van der Waals surface area contributed by atoms with Gasteiger partial charge in [0.05, 0.1) is 11.9 Å². The third-order valence-electron chi connectivity index (χ3n) is 3.92. The van der Waals surface area contributed by atoms with Crippen LogP contribution in [-0.2, 0) is 0 Å². The molecule has 128 valence electrons. The molecule has 0 bridgehead atoms. The SMILES string of the molecule is CC(C)(CO)CCCNc1nn2cc(-c3ccc(Cl)cc3)nc2s1. The number of anilines is 1. The Hall–Kier alpha value is -1.63. The molecule has 3 rings (SSSR count). The van der Waals surface area contributed by atoms with E-state index in [0.717, 1.165) is 40.7 Å². The van der Waals surface area contributed by atoms with E-state index in [-0.39, 0.29) is 12.0 Å². The Morgan fingerprint density at radius 2 is 2.04 bits per heavy atom. The second-order valence-electron chi connectivity index (χ2n) is 6.62. The molecule has 7 heteroatoms. The molecule has 0 spiro atoms. The zero-order valence-corrected chi connectivity index (χ0v) is 15.4. The van der Waals surface area contributed by atoms with Crippen LogP contribution in [0.3, 0.4) is 0 Å². The number of fused-ring (bicyclic) bond motifs is 1. The van der Waals surface area contributed by atoms with E-state index >= 15 is 0 Å². The number of halogens is 1. The molecule has 5 nitrogen and oxygen atoms in total. The summed E-state index contributed by atoms with van der Waals surface area (Å²) in [7, 11) is 0. The maximum absolute atomic E-state index is 9.26. The first-order valence-corrected chi connectivity index (χ1v) is 9.13. The predicted molar refractivity (Wildman–Crippen MR) is 99.9 cm³/mol. The van der Waals surface area contributed by atoms with Crippen molar-refractivity contribution in [3.63, 3.8) is 0 Å². The Kier molecular flexibility index (Phi) is 5.08. The molecule has 0 aliphatic rings. The number of aliphatic hydroxyl groups is 1. The summed E-state index contributed by atoms with van der Waals surface area (Å²) >= 11 is 7.45. The maximum Gasteiger partial charge on any atom is 0.214 e. The zero-order chi connectivity index (χ0) is 17.2. The van der Waals surface area contributed by atoms with E-state index in [1.807, 2.05) is 30.5 Å². The molecule has 0 saturated heterocycles. The van der Waals surface area contributed by atoms with Gasteiger partial charge < -0.3 is 10.4 Å². The first-order chi connectivity index (χ1) is 11.5. The van der Waals surface area contributed by atoms with E-state index in [0.29, 0.717) is 5.02 Å². The van der Waals surface area contributed by atoms with Gasteiger partial charge in [-0.25, -0.2) is 9.50 Å². The normalized spacial score (nSPS) is 12.0. The number of hydrogen-bond donors (Lipinski definition) is 2. The Morgan fingerprint density at radius 1 is 1.29 bits per heavy atom. The fourth-order valence-corrected chi connectivity index (χ4v) is 3.31. The summed E-state index contributed by atoms with van der Waals surface area (Å²) in [6.45, 7) is 5.20. The zero-order valence-electron chi connectivity index (χ0n) is 13.8. The fraction of sp³-hybridized carbons (Fsp3) is 0.412. The van der Waals surface area contributed by atoms with Crippen LogP contribution in [0.25, 0.3) is 16.2 Å². The Labute approximate surface area is 150 Å². The van der Waals surface area contributed by atoms with Gasteiger partial charge in [-0.3, -0.25) is 0 Å². The summed E-state index contributed by atoms with van der Waals surface area (Å²) in [5, 5.41) is 18.7. The predicted octanol–water partition coefficient (Wildman–Crippen LogP) is 4.32. The Bertz CT molecular complexity index is 778. The lowest BCUT2D eigenvalue weighted by molar-refractivity contribution is 0.149. The number of benzene rings is 1. The first kappa shape index (κ1) is 17.2. The summed E-state index contributed by atoms with van der Waals surface area (Å²) in [4.78, 5) is 5.48. The highest BCUT2D eigenvalue weighted by Crippen LogP contribution is 2.26. The molecule has 0 radical (unpaired) electrons. The minimum Gasteiger partial charge on any atom is -0.396 e. The van der Waals surface area contributed by atoms with Crippen LogP contribution < -0.4 is 5.32 Å². The quantitative estimate of drug-likeness (QED) is 0.613. The standard InChI is InChI=1S/C17H21ClN4OS/c1-17(2,11-23)8-3-9-19-15-21-22-10-14(20-16(22)24-15)12-4-6-13(18)7-5-12/h4-7,10,23H,3,8-9,11H2,1-2H3,(H,19,21). The van der Waals surface area contributed by atoms with E-state index in [1.165, 1.54) is 11.3 Å². The van der Waals surface area contributed by atoms with Crippen molar-refractivity contribution in [2.24, 2.45) is 5.41 Å². The first-order valence-electron chi connectivity index (χ1n) is 7.94. The van der Waals surface area contributed by atoms with Crippen LogP contribution >= 0.6 is 22.9 Å². The van der Waals surface area contributed by atoms with Crippen LogP contribution in [0, 0.1) is 5.41 Å². The molecule has 0 unspecified atom stereocenters. The smallest absolute Gasteiger partial charge is 0.214 e. The lowest BCUT2D eigenvalue weighted by atomic mass is 9.89. The van der Waals surface area contributed by atoms with Crippen LogP contribution in [0.15, 0.2) is 30.5 Å². The molecule has 2 aromatic heterocycles. The molecule has 24 heavy (non-hydrogen) atoms. The van der Waals surface area contributed by atoms with Gasteiger partial charge in [0.25, 0.3) is 0 Å². The molecule has 1 aromatic carbocycles. The largest absolute Gasteiger partial charge is 0.396 e. The van der Waals surface area contributed by atoms with Gasteiger partial charge in [0, 0.05) is 23.7 Å². The topological polar surface area (TPSA) is 62.5 Å². The molecular formula is C17H21ClN4OS. The van der Waals surface area contributed by atoms with Crippen molar-refractivity contribution >= 4 is 33.0 Å². The lowest BCUT2D eigenvalue weighted by Crippen LogP contribution is -2.18. The molecule has 2 heterocycles. The minimum absolute atomic E-state index is 0.0212. The van der Waals surface area contributed by atoms with Gasteiger partial charge in [0.15, 0.2) is 0 Å². The maximum atomic E-state index is 9.26. The molecule has 0 amide bonds. The second-order valence-corrected chi connectivity index (χ2v) is 8.01. The van der Waals surface area contributed by atoms with Crippen LogP contribution in [0.1, 0.15) is 26.7 Å². The number of nitrogens with zero attached hydrogens (tertiary/aromatic N) is 3. The van der Waals surface area contributed by atoms with Gasteiger partial charge in [0.1, 0.15) is 0 Å². The summed E-state index contributed by atoms with van der Waals surface area (Å²) in [6.07, 6.45) is 3.89. The van der Waals surface area contributed by atoms with Gasteiger partial charge in [-0.2, -0.15) is 0 Å². The summed E-state index contributed by atoms with van der Waals surface area (Å²) in [5.41, 5.74) is 1.89. The molecule has 0 fully saturated rings. The van der Waals surface area contributed by atoms with Gasteiger partial charge in [0.2, 0.25) is 10.1 Å². The van der Waals surface area contributed by atoms with Crippen molar-refractivity contribution < 1.29 is 5.11 Å². The van der Waals surface area contributed by atoms with Gasteiger partial charge in [-0.15, -0.1) is 5.10 Å². The van der Waals surface area contributed by atoms with Crippen LogP contribution in [0.4, 0.5) is 5.13 Å².